The Morgan fingerprint density at radius 3 is 2.22 bits per heavy atom. The van der Waals surface area contributed by atoms with Gasteiger partial charge in [-0.3, -0.25) is 10.1 Å². The monoisotopic (exact) mass is 514 g/mol. The molecule has 0 aliphatic carbocycles. The molecule has 190 valence electrons. The van der Waals surface area contributed by atoms with E-state index in [1.165, 1.54) is 27.7 Å². The smallest absolute Gasteiger partial charge is 0.353 e. The quantitative estimate of drug-likeness (QED) is 0.332. The molecular formula is C24H27ClN6O5. The van der Waals surface area contributed by atoms with Crippen molar-refractivity contribution in [3.63, 3.8) is 0 Å². The Morgan fingerprint density at radius 1 is 1.00 bits per heavy atom. The van der Waals surface area contributed by atoms with Crippen LogP contribution in [-0.2, 0) is 6.54 Å². The second kappa shape index (κ2) is 11.2. The molecule has 0 unspecified atom stereocenters. The van der Waals surface area contributed by atoms with Crippen LogP contribution < -0.4 is 29.3 Å². The first-order valence-electron chi connectivity index (χ1n) is 11.2. The molecule has 11 nitrogen and oxygen atoms in total. The van der Waals surface area contributed by atoms with Crippen molar-refractivity contribution >= 4 is 34.6 Å². The third kappa shape index (κ3) is 5.15. The summed E-state index contributed by atoms with van der Waals surface area (Å²) in [5.41, 5.74) is 1.55. The molecule has 0 amide bonds. The SMILES string of the molecule is COc1cc(CNc2ncnc(N3CCN(c4ccccc4Cl)CC3)c2[N+](=O)[O-])cc(OC)c1OC. The standard InChI is InChI=1S/C24H27ClN6O5/c1-34-19-12-16(13-20(35-2)22(19)36-3)14-26-23-21(31(32)33)24(28-15-27-23)30-10-8-29(9-11-30)18-7-5-4-6-17(18)25/h4-7,12-13,15H,8-11,14H2,1-3H3,(H,26,27,28). The van der Waals surface area contributed by atoms with Crippen LogP contribution in [0.4, 0.5) is 23.0 Å². The second-order valence-electron chi connectivity index (χ2n) is 7.96. The summed E-state index contributed by atoms with van der Waals surface area (Å²) in [4.78, 5) is 24.1. The Balaban J connectivity index is 1.53. The van der Waals surface area contributed by atoms with Gasteiger partial charge in [0, 0.05) is 32.7 Å². The van der Waals surface area contributed by atoms with Gasteiger partial charge in [0.15, 0.2) is 11.5 Å². The van der Waals surface area contributed by atoms with Gasteiger partial charge >= 0.3 is 5.69 Å². The van der Waals surface area contributed by atoms with Crippen molar-refractivity contribution in [1.29, 1.82) is 0 Å². The van der Waals surface area contributed by atoms with Crippen molar-refractivity contribution in [3.05, 3.63) is 63.4 Å². The van der Waals surface area contributed by atoms with E-state index in [-0.39, 0.29) is 23.9 Å². The Bertz CT molecular complexity index is 1210. The average molecular weight is 515 g/mol. The molecule has 0 radical (unpaired) electrons. The number of methoxy groups -OCH3 is 3. The first-order valence-corrected chi connectivity index (χ1v) is 11.6. The highest BCUT2D eigenvalue weighted by Gasteiger charge is 2.29. The van der Waals surface area contributed by atoms with E-state index < -0.39 is 4.92 Å². The summed E-state index contributed by atoms with van der Waals surface area (Å²) >= 11 is 6.34. The van der Waals surface area contributed by atoms with Gasteiger partial charge < -0.3 is 29.3 Å². The van der Waals surface area contributed by atoms with Gasteiger partial charge in [-0.15, -0.1) is 0 Å². The van der Waals surface area contributed by atoms with Crippen LogP contribution in [0.5, 0.6) is 17.2 Å². The molecule has 36 heavy (non-hydrogen) atoms. The maximum Gasteiger partial charge on any atom is 0.353 e. The van der Waals surface area contributed by atoms with E-state index in [4.69, 9.17) is 25.8 Å². The maximum atomic E-state index is 12.1. The summed E-state index contributed by atoms with van der Waals surface area (Å²) in [5, 5.41) is 15.8. The van der Waals surface area contributed by atoms with Crippen LogP contribution in [0.3, 0.4) is 0 Å². The molecule has 3 aromatic rings. The number of piperazine rings is 1. The highest BCUT2D eigenvalue weighted by Crippen LogP contribution is 2.39. The lowest BCUT2D eigenvalue weighted by Gasteiger charge is -2.36. The summed E-state index contributed by atoms with van der Waals surface area (Å²) in [7, 11) is 4.58. The normalized spacial score (nSPS) is 13.3. The molecule has 12 heteroatoms. The van der Waals surface area contributed by atoms with E-state index in [1.54, 1.807) is 12.1 Å². The predicted octanol–water partition coefficient (Wildman–Crippen LogP) is 4.00. The van der Waals surface area contributed by atoms with Gasteiger partial charge in [-0.2, -0.15) is 0 Å². The number of para-hydroxylation sites is 1. The van der Waals surface area contributed by atoms with Crippen LogP contribution in [-0.4, -0.2) is 62.4 Å². The third-order valence-electron chi connectivity index (χ3n) is 5.94. The molecule has 1 fully saturated rings. The van der Waals surface area contributed by atoms with Gasteiger partial charge in [-0.05, 0) is 29.8 Å². The van der Waals surface area contributed by atoms with Gasteiger partial charge in [-0.1, -0.05) is 23.7 Å². The number of anilines is 3. The number of benzene rings is 2. The zero-order valence-corrected chi connectivity index (χ0v) is 21.0. The molecule has 1 N–H and O–H groups in total. The van der Waals surface area contributed by atoms with Crippen molar-refractivity contribution in [1.82, 2.24) is 9.97 Å². The van der Waals surface area contributed by atoms with Crippen molar-refractivity contribution in [3.8, 4) is 17.2 Å². The second-order valence-corrected chi connectivity index (χ2v) is 8.37. The lowest BCUT2D eigenvalue weighted by Crippen LogP contribution is -2.47. The molecule has 0 bridgehead atoms. The topological polar surface area (TPSA) is 115 Å². The molecule has 0 atom stereocenters. The number of halogens is 1. The number of rotatable bonds is 9. The fourth-order valence-corrected chi connectivity index (χ4v) is 4.44. The summed E-state index contributed by atoms with van der Waals surface area (Å²) in [6, 6.07) is 11.2. The Morgan fingerprint density at radius 2 is 1.64 bits per heavy atom. The van der Waals surface area contributed by atoms with Crippen LogP contribution in [0.25, 0.3) is 0 Å². The number of aromatic nitrogens is 2. The molecule has 4 rings (SSSR count). The Hall–Kier alpha value is -3.99. The van der Waals surface area contributed by atoms with E-state index in [1.807, 2.05) is 29.2 Å². The van der Waals surface area contributed by atoms with Gasteiger partial charge in [0.1, 0.15) is 6.33 Å². The molecule has 0 spiro atoms. The van der Waals surface area contributed by atoms with E-state index in [0.717, 1.165) is 11.3 Å². The number of hydrogen-bond acceptors (Lipinski definition) is 10. The highest BCUT2D eigenvalue weighted by atomic mass is 35.5. The maximum absolute atomic E-state index is 12.1. The number of nitrogens with one attached hydrogen (secondary N) is 1. The van der Waals surface area contributed by atoms with Gasteiger partial charge in [-0.25, -0.2) is 9.97 Å². The first kappa shape index (κ1) is 25.1. The van der Waals surface area contributed by atoms with E-state index >= 15 is 0 Å². The van der Waals surface area contributed by atoms with Crippen LogP contribution >= 0.6 is 11.6 Å². The zero-order chi connectivity index (χ0) is 25.7. The molecule has 2 heterocycles. The summed E-state index contributed by atoms with van der Waals surface area (Å²) < 4.78 is 16.1. The first-order chi connectivity index (χ1) is 17.5. The molecule has 2 aromatic carbocycles. The molecule has 1 aliphatic heterocycles. The summed E-state index contributed by atoms with van der Waals surface area (Å²) in [6.07, 6.45) is 1.33. The van der Waals surface area contributed by atoms with Crippen LogP contribution in [0.2, 0.25) is 5.02 Å². The average Bonchev–Trinajstić information content (AvgIpc) is 2.91. The highest BCUT2D eigenvalue weighted by molar-refractivity contribution is 6.33. The number of nitro groups is 1. The lowest BCUT2D eigenvalue weighted by atomic mass is 10.1. The van der Waals surface area contributed by atoms with E-state index in [2.05, 4.69) is 20.2 Å². The van der Waals surface area contributed by atoms with Crippen LogP contribution in [0, 0.1) is 10.1 Å². The van der Waals surface area contributed by atoms with Crippen molar-refractivity contribution < 1.29 is 19.1 Å². The van der Waals surface area contributed by atoms with Gasteiger partial charge in [0.2, 0.25) is 17.4 Å². The van der Waals surface area contributed by atoms with E-state index in [9.17, 15) is 10.1 Å². The number of hydrogen-bond donors (Lipinski definition) is 1. The van der Waals surface area contributed by atoms with Crippen molar-refractivity contribution in [2.45, 2.75) is 6.54 Å². The largest absolute Gasteiger partial charge is 0.493 e. The zero-order valence-electron chi connectivity index (χ0n) is 20.2. The van der Waals surface area contributed by atoms with Crippen molar-refractivity contribution in [2.24, 2.45) is 0 Å². The fraction of sp³-hybridized carbons (Fsp3) is 0.333. The van der Waals surface area contributed by atoms with Crippen LogP contribution in [0.1, 0.15) is 5.56 Å². The van der Waals surface area contributed by atoms with E-state index in [0.29, 0.717) is 48.5 Å². The molecule has 1 aromatic heterocycles. The van der Waals surface area contributed by atoms with Gasteiger partial charge in [0.05, 0.1) is 37.0 Å². The Labute approximate surface area is 213 Å². The third-order valence-corrected chi connectivity index (χ3v) is 6.26. The molecule has 1 saturated heterocycles. The van der Waals surface area contributed by atoms with Gasteiger partial charge in [0.25, 0.3) is 0 Å². The minimum atomic E-state index is -0.451. The lowest BCUT2D eigenvalue weighted by molar-refractivity contribution is -0.383. The molecular weight excluding hydrogens is 488 g/mol. The van der Waals surface area contributed by atoms with Crippen molar-refractivity contribution in [2.75, 3.05) is 62.6 Å². The molecule has 1 aliphatic rings. The minimum Gasteiger partial charge on any atom is -0.493 e. The molecule has 0 saturated carbocycles. The Kier molecular flexibility index (Phi) is 7.79. The predicted molar refractivity (Wildman–Crippen MR) is 138 cm³/mol. The fourth-order valence-electron chi connectivity index (χ4n) is 4.19. The van der Waals surface area contributed by atoms with Crippen LogP contribution in [0.15, 0.2) is 42.7 Å². The minimum absolute atomic E-state index is 0.132. The summed E-state index contributed by atoms with van der Waals surface area (Å²) in [6.45, 7) is 2.65. The number of nitrogens with zero attached hydrogens (tertiary/aromatic N) is 5. The summed E-state index contributed by atoms with van der Waals surface area (Å²) in [5.74, 6) is 1.86. The number of ether oxygens (including phenoxy) is 3.